The molecule has 192 valence electrons. The molecular weight excluding hydrogens is 472 g/mol. The van der Waals surface area contributed by atoms with Crippen molar-refractivity contribution in [2.75, 3.05) is 6.61 Å². The van der Waals surface area contributed by atoms with Crippen molar-refractivity contribution < 1.29 is 47.6 Å². The molecule has 1 aliphatic heterocycles. The molecule has 0 radical (unpaired) electrons. The summed E-state index contributed by atoms with van der Waals surface area (Å²) in [5, 5.41) is 0. The van der Waals surface area contributed by atoms with Gasteiger partial charge in [0.1, 0.15) is 18.5 Å². The molecule has 1 heterocycles. The first-order valence-electron chi connectivity index (χ1n) is 11.3. The zero-order chi connectivity index (χ0) is 26.2. The Bertz CT molecular complexity index is 1080. The Morgan fingerprint density at radius 1 is 0.694 bits per heavy atom. The van der Waals surface area contributed by atoms with Crippen LogP contribution in [0, 0.1) is 0 Å². The monoisotopic (exact) mass is 500 g/mol. The smallest absolute Gasteiger partial charge is 0.303 e. The first kappa shape index (κ1) is 26.7. The largest absolute Gasteiger partial charge is 0.463 e. The first-order valence-corrected chi connectivity index (χ1v) is 11.3. The quantitative estimate of drug-likeness (QED) is 0.395. The molecule has 0 N–H and O–H groups in total. The molecule has 0 bridgehead atoms. The van der Waals surface area contributed by atoms with Crippen LogP contribution < -0.4 is 4.74 Å². The van der Waals surface area contributed by atoms with Gasteiger partial charge in [0.05, 0.1) is 0 Å². The van der Waals surface area contributed by atoms with Gasteiger partial charge < -0.3 is 28.4 Å². The molecule has 0 amide bonds. The maximum atomic E-state index is 12.0. The molecule has 0 unspecified atom stereocenters. The molecule has 2 aromatic carbocycles. The third kappa shape index (κ3) is 7.29. The van der Waals surface area contributed by atoms with Crippen LogP contribution in [0.5, 0.6) is 5.75 Å². The van der Waals surface area contributed by atoms with Crippen molar-refractivity contribution in [3.63, 3.8) is 0 Å². The molecule has 1 aliphatic rings. The minimum atomic E-state index is -1.30. The number of hydrogen-bond acceptors (Lipinski definition) is 10. The minimum absolute atomic E-state index is 0.332. The highest BCUT2D eigenvalue weighted by atomic mass is 16.7. The molecule has 5 atom stereocenters. The van der Waals surface area contributed by atoms with Gasteiger partial charge in [-0.3, -0.25) is 19.2 Å². The summed E-state index contributed by atoms with van der Waals surface area (Å²) >= 11 is 0. The Kier molecular flexibility index (Phi) is 9.02. The van der Waals surface area contributed by atoms with Gasteiger partial charge in [0.15, 0.2) is 12.2 Å². The average Bonchev–Trinajstić information content (AvgIpc) is 2.81. The predicted molar refractivity (Wildman–Crippen MR) is 124 cm³/mol. The van der Waals surface area contributed by atoms with Crippen molar-refractivity contribution in [2.45, 2.75) is 58.4 Å². The highest BCUT2D eigenvalue weighted by Crippen LogP contribution is 2.32. The minimum Gasteiger partial charge on any atom is -0.463 e. The molecule has 3 rings (SSSR count). The van der Waals surface area contributed by atoms with E-state index < -0.39 is 54.6 Å². The Morgan fingerprint density at radius 3 is 1.89 bits per heavy atom. The lowest BCUT2D eigenvalue weighted by atomic mass is 9.98. The third-order valence-corrected chi connectivity index (χ3v) is 5.14. The number of rotatable bonds is 8. The van der Waals surface area contributed by atoms with Gasteiger partial charge in [-0.05, 0) is 23.3 Å². The van der Waals surface area contributed by atoms with E-state index in [2.05, 4.69) is 0 Å². The van der Waals surface area contributed by atoms with Gasteiger partial charge in [-0.2, -0.15) is 0 Å². The number of carbonyl (C=O) groups is 4. The molecule has 0 aromatic heterocycles. The highest BCUT2D eigenvalue weighted by molar-refractivity contribution is 5.69. The van der Waals surface area contributed by atoms with E-state index in [0.717, 1.165) is 25.0 Å². The van der Waals surface area contributed by atoms with Crippen molar-refractivity contribution in [3.8, 4) is 16.9 Å². The first-order chi connectivity index (χ1) is 17.1. The van der Waals surface area contributed by atoms with Gasteiger partial charge in [-0.25, -0.2) is 0 Å². The van der Waals surface area contributed by atoms with Crippen LogP contribution in [0.2, 0.25) is 0 Å². The van der Waals surface area contributed by atoms with Gasteiger partial charge in [-0.15, -0.1) is 0 Å². The summed E-state index contributed by atoms with van der Waals surface area (Å²) in [6, 6.07) is 16.7. The number of esters is 4. The number of ether oxygens (including phenoxy) is 6. The summed E-state index contributed by atoms with van der Waals surface area (Å²) < 4.78 is 33.3. The zero-order valence-corrected chi connectivity index (χ0v) is 20.4. The van der Waals surface area contributed by atoms with Gasteiger partial charge in [0, 0.05) is 27.7 Å². The number of carbonyl (C=O) groups excluding carboxylic acids is 4. The van der Waals surface area contributed by atoms with Crippen LogP contribution in [0.3, 0.4) is 0 Å². The lowest BCUT2D eigenvalue weighted by Gasteiger charge is -2.43. The van der Waals surface area contributed by atoms with E-state index in [1.165, 1.54) is 13.8 Å². The van der Waals surface area contributed by atoms with Gasteiger partial charge in [-0.1, -0.05) is 42.5 Å². The van der Waals surface area contributed by atoms with E-state index in [1.807, 2.05) is 36.4 Å². The number of benzene rings is 2. The summed E-state index contributed by atoms with van der Waals surface area (Å²) in [6.45, 7) is 4.36. The van der Waals surface area contributed by atoms with Crippen molar-refractivity contribution in [1.82, 2.24) is 0 Å². The second-order valence-corrected chi connectivity index (χ2v) is 8.08. The van der Waals surface area contributed by atoms with E-state index in [-0.39, 0.29) is 6.61 Å². The summed E-state index contributed by atoms with van der Waals surface area (Å²) in [5.74, 6) is -2.35. The Labute approximate surface area is 208 Å². The van der Waals surface area contributed by atoms with Crippen LogP contribution in [0.4, 0.5) is 0 Å². The van der Waals surface area contributed by atoms with Crippen LogP contribution in [-0.4, -0.2) is 61.2 Å². The fourth-order valence-corrected chi connectivity index (χ4v) is 3.80. The van der Waals surface area contributed by atoms with Gasteiger partial charge >= 0.3 is 23.9 Å². The normalized spacial score (nSPS) is 23.2. The van der Waals surface area contributed by atoms with E-state index in [9.17, 15) is 19.2 Å². The fourth-order valence-electron chi connectivity index (χ4n) is 3.80. The highest BCUT2D eigenvalue weighted by Gasteiger charge is 2.53. The van der Waals surface area contributed by atoms with E-state index >= 15 is 0 Å². The second-order valence-electron chi connectivity index (χ2n) is 8.08. The molecule has 2 aromatic rings. The van der Waals surface area contributed by atoms with Crippen molar-refractivity contribution in [3.05, 3.63) is 54.6 Å². The van der Waals surface area contributed by atoms with Crippen LogP contribution in [-0.2, 0) is 42.9 Å². The molecule has 36 heavy (non-hydrogen) atoms. The zero-order valence-electron chi connectivity index (χ0n) is 20.4. The standard InChI is InChI=1S/C26H28O10/c1-15(27)31-14-22-23(32-16(2)28)24(33-17(3)29)25(34-18(4)30)26(36-22)35-21-12-8-11-20(13-21)19-9-6-5-7-10-19/h5-13,22-26H,14H2,1-4H3/t22-,23-,24+,25-,26+/m1/s1. The average molecular weight is 501 g/mol. The predicted octanol–water partition coefficient (Wildman–Crippen LogP) is 2.82. The van der Waals surface area contributed by atoms with E-state index in [4.69, 9.17) is 28.4 Å². The lowest BCUT2D eigenvalue weighted by Crippen LogP contribution is -2.63. The van der Waals surface area contributed by atoms with Gasteiger partial charge in [0.25, 0.3) is 0 Å². The summed E-state index contributed by atoms with van der Waals surface area (Å²) in [6.07, 6.45) is -6.23. The lowest BCUT2D eigenvalue weighted by molar-refractivity contribution is -0.288. The Balaban J connectivity index is 1.97. The molecule has 1 saturated heterocycles. The van der Waals surface area contributed by atoms with Crippen LogP contribution in [0.25, 0.3) is 11.1 Å². The fraction of sp³-hybridized carbons (Fsp3) is 0.385. The third-order valence-electron chi connectivity index (χ3n) is 5.14. The van der Waals surface area contributed by atoms with Crippen LogP contribution >= 0.6 is 0 Å². The topological polar surface area (TPSA) is 124 Å². The maximum absolute atomic E-state index is 12.0. The second kappa shape index (κ2) is 12.2. The van der Waals surface area contributed by atoms with Crippen LogP contribution in [0.1, 0.15) is 27.7 Å². The maximum Gasteiger partial charge on any atom is 0.303 e. The summed E-state index contributed by atoms with van der Waals surface area (Å²) in [7, 11) is 0. The SMILES string of the molecule is CC(=O)OC[C@H]1O[C@H](Oc2cccc(-c3ccccc3)c2)[C@H](OC(C)=O)[C@@H](OC(C)=O)[C@@H]1OC(C)=O. The van der Waals surface area contributed by atoms with Crippen LogP contribution in [0.15, 0.2) is 54.6 Å². The molecule has 0 spiro atoms. The number of hydrogen-bond donors (Lipinski definition) is 0. The Hall–Kier alpha value is -3.92. The van der Waals surface area contributed by atoms with E-state index in [0.29, 0.717) is 5.75 Å². The molecule has 10 heteroatoms. The van der Waals surface area contributed by atoms with Crippen molar-refractivity contribution in [2.24, 2.45) is 0 Å². The van der Waals surface area contributed by atoms with Crippen molar-refractivity contribution >= 4 is 23.9 Å². The molecule has 0 aliphatic carbocycles. The molecule has 10 nitrogen and oxygen atoms in total. The molecule has 1 fully saturated rings. The summed E-state index contributed by atoms with van der Waals surface area (Å²) in [4.78, 5) is 47.2. The van der Waals surface area contributed by atoms with Crippen molar-refractivity contribution in [1.29, 1.82) is 0 Å². The molecular formula is C26H28O10. The Morgan fingerprint density at radius 2 is 1.28 bits per heavy atom. The van der Waals surface area contributed by atoms with Gasteiger partial charge in [0.2, 0.25) is 12.4 Å². The summed E-state index contributed by atoms with van der Waals surface area (Å²) in [5.41, 5.74) is 1.81. The van der Waals surface area contributed by atoms with E-state index in [1.54, 1.807) is 18.2 Å². The molecule has 0 saturated carbocycles.